The van der Waals surface area contributed by atoms with E-state index in [0.29, 0.717) is 65.6 Å². The molecule has 0 saturated heterocycles. The number of rotatable bonds is 15. The van der Waals surface area contributed by atoms with Gasteiger partial charge in [0.2, 0.25) is 5.89 Å². The van der Waals surface area contributed by atoms with Crippen molar-refractivity contribution >= 4 is 27.5 Å². The van der Waals surface area contributed by atoms with Gasteiger partial charge in [0.25, 0.3) is 5.91 Å². The van der Waals surface area contributed by atoms with Crippen molar-refractivity contribution in [3.05, 3.63) is 116 Å². The van der Waals surface area contributed by atoms with E-state index in [2.05, 4.69) is 25.9 Å². The van der Waals surface area contributed by atoms with Gasteiger partial charge in [0.15, 0.2) is 5.60 Å². The largest absolute Gasteiger partial charge is 0.506 e. The van der Waals surface area contributed by atoms with E-state index in [0.717, 1.165) is 48.1 Å². The summed E-state index contributed by atoms with van der Waals surface area (Å²) < 4.78 is 6.68. The highest BCUT2D eigenvalue weighted by molar-refractivity contribution is 7.16. The Balaban J connectivity index is 0.912. The molecule has 2 heterocycles. The van der Waals surface area contributed by atoms with Gasteiger partial charge in [-0.2, -0.15) is 0 Å². The van der Waals surface area contributed by atoms with Crippen molar-refractivity contribution < 1.29 is 24.5 Å². The number of aliphatic hydroxyl groups is 2. The Labute approximate surface area is 288 Å². The number of fused-ring (bicyclic) bond motifs is 1. The topological polar surface area (TPSA) is 173 Å². The summed E-state index contributed by atoms with van der Waals surface area (Å²) in [5, 5.41) is 42.1. The molecule has 0 unspecified atom stereocenters. The predicted octanol–water partition coefficient (Wildman–Crippen LogP) is 4.48. The van der Waals surface area contributed by atoms with Crippen LogP contribution in [0.5, 0.6) is 5.75 Å². The molecule has 1 saturated carbocycles. The Kier molecular flexibility index (Phi) is 11.2. The lowest BCUT2D eigenvalue weighted by Crippen LogP contribution is -2.38. The third-order valence-electron chi connectivity index (χ3n) is 9.25. The zero-order valence-electron chi connectivity index (χ0n) is 27.3. The molecule has 2 aromatic heterocycles. The number of hydrogen-bond donors (Lipinski definition) is 7. The van der Waals surface area contributed by atoms with Crippen molar-refractivity contribution in [1.29, 1.82) is 0 Å². The van der Waals surface area contributed by atoms with Gasteiger partial charge in [-0.15, -0.1) is 0 Å². The molecule has 0 spiro atoms. The zero-order valence-corrected chi connectivity index (χ0v) is 28.1. The fourth-order valence-electron chi connectivity index (χ4n) is 6.59. The van der Waals surface area contributed by atoms with Crippen molar-refractivity contribution in [2.24, 2.45) is 5.92 Å². The van der Waals surface area contributed by atoms with Crippen LogP contribution in [-0.4, -0.2) is 57.4 Å². The van der Waals surface area contributed by atoms with Crippen molar-refractivity contribution in [3.8, 4) is 5.75 Å². The molecule has 1 amide bonds. The lowest BCUT2D eigenvalue weighted by Gasteiger charge is -2.36. The molecular weight excluding hydrogens is 643 g/mol. The van der Waals surface area contributed by atoms with Crippen LogP contribution in [0, 0.1) is 5.92 Å². The molecule has 1 aliphatic carbocycles. The van der Waals surface area contributed by atoms with Gasteiger partial charge < -0.3 is 40.7 Å². The summed E-state index contributed by atoms with van der Waals surface area (Å²) >= 11 is 0.954. The summed E-state index contributed by atoms with van der Waals surface area (Å²) in [6.45, 7) is 2.40. The maximum atomic E-state index is 12.7. The van der Waals surface area contributed by atoms with Crippen molar-refractivity contribution in [1.82, 2.24) is 25.9 Å². The monoisotopic (exact) mass is 685 g/mol. The van der Waals surface area contributed by atoms with Gasteiger partial charge in [0.05, 0.1) is 17.0 Å². The summed E-state index contributed by atoms with van der Waals surface area (Å²) in [5.41, 5.74) is 1.97. The normalized spacial score (nSPS) is 15.6. The van der Waals surface area contributed by atoms with Crippen LogP contribution in [-0.2, 0) is 18.6 Å². The van der Waals surface area contributed by atoms with Crippen LogP contribution in [0.15, 0.2) is 82.1 Å². The molecule has 7 N–H and O–H groups in total. The SMILES string of the molecule is O=C(NCCNCCc1cnc([C@](O)(c2ccccc2)C2CCCCC2)o1)c1ccc(CNC[C@H](O)c2ccc(O)c3[nH]c(=O)sc23)cc1. The number of hydrogen-bond acceptors (Lipinski definition) is 10. The molecule has 11 nitrogen and oxygen atoms in total. The Morgan fingerprint density at radius 2 is 1.78 bits per heavy atom. The smallest absolute Gasteiger partial charge is 0.305 e. The number of aromatic amines is 1. The molecule has 0 radical (unpaired) electrons. The summed E-state index contributed by atoms with van der Waals surface area (Å²) in [4.78, 5) is 31.3. The van der Waals surface area contributed by atoms with Crippen molar-refractivity contribution in [2.45, 2.75) is 56.8 Å². The Bertz CT molecular complexity index is 1880. The molecule has 2 atom stereocenters. The van der Waals surface area contributed by atoms with Gasteiger partial charge in [-0.3, -0.25) is 9.59 Å². The Hall–Kier alpha value is -4.33. The quantitative estimate of drug-likeness (QED) is 0.0785. The molecule has 0 bridgehead atoms. The number of phenolic OH excluding ortho intramolecular Hbond substituents is 1. The molecule has 258 valence electrons. The fraction of sp³-hybridized carbons (Fsp3) is 0.378. The maximum Gasteiger partial charge on any atom is 0.305 e. The minimum atomic E-state index is -1.25. The van der Waals surface area contributed by atoms with Crippen LogP contribution in [0.4, 0.5) is 0 Å². The highest BCUT2D eigenvalue weighted by Gasteiger charge is 2.44. The van der Waals surface area contributed by atoms with Gasteiger partial charge in [-0.1, -0.05) is 79.1 Å². The summed E-state index contributed by atoms with van der Waals surface area (Å²) in [6, 6.07) is 20.1. The highest BCUT2D eigenvalue weighted by Crippen LogP contribution is 2.43. The number of amides is 1. The molecule has 12 heteroatoms. The van der Waals surface area contributed by atoms with Crippen molar-refractivity contribution in [3.63, 3.8) is 0 Å². The number of nitrogens with one attached hydrogen (secondary N) is 4. The summed E-state index contributed by atoms with van der Waals surface area (Å²) in [6.07, 6.45) is 6.71. The Morgan fingerprint density at radius 1 is 1.00 bits per heavy atom. The minimum Gasteiger partial charge on any atom is -0.506 e. The number of thiazole rings is 1. The number of nitrogens with zero attached hydrogens (tertiary/aromatic N) is 1. The number of benzene rings is 3. The third kappa shape index (κ3) is 8.11. The first-order chi connectivity index (χ1) is 23.8. The predicted molar refractivity (Wildman–Crippen MR) is 189 cm³/mol. The van der Waals surface area contributed by atoms with Crippen LogP contribution in [0.2, 0.25) is 0 Å². The average molecular weight is 686 g/mol. The minimum absolute atomic E-state index is 0.0294. The maximum absolute atomic E-state index is 12.7. The molecule has 49 heavy (non-hydrogen) atoms. The second kappa shape index (κ2) is 15.9. The van der Waals surface area contributed by atoms with Crippen LogP contribution in [0.25, 0.3) is 10.2 Å². The lowest BCUT2D eigenvalue weighted by atomic mass is 9.73. The Morgan fingerprint density at radius 3 is 2.55 bits per heavy atom. The molecule has 5 aromatic rings. The van der Waals surface area contributed by atoms with E-state index in [1.165, 1.54) is 12.5 Å². The molecule has 1 aliphatic rings. The lowest BCUT2D eigenvalue weighted by molar-refractivity contribution is -0.0238. The van der Waals surface area contributed by atoms with Gasteiger partial charge in [-0.25, -0.2) is 4.98 Å². The molecule has 3 aromatic carbocycles. The van der Waals surface area contributed by atoms with E-state index >= 15 is 0 Å². The first-order valence-corrected chi connectivity index (χ1v) is 17.7. The zero-order chi connectivity index (χ0) is 34.2. The third-order valence-corrected chi connectivity index (χ3v) is 10.2. The van der Waals surface area contributed by atoms with Crippen LogP contribution < -0.4 is 20.8 Å². The van der Waals surface area contributed by atoms with Gasteiger partial charge >= 0.3 is 4.87 Å². The standard InChI is InChI=1S/C37H43N5O6S/c43-30-16-15-29(33-32(30)42-36(46)49-33)31(44)23-39-21-24-11-13-25(14-12-24)34(45)40-20-19-38-18-17-28-22-41-35(48-28)37(47,26-7-3-1-4-8-26)27-9-5-2-6-10-27/h1,3-4,7-8,11-16,22,27,31,38-39,43-44,47H,2,5-6,9-10,17-21,23H2,(H,40,45)(H,42,46)/t31-,37-/m0/s1. The van der Waals surface area contributed by atoms with Crippen LogP contribution in [0.3, 0.4) is 0 Å². The molecule has 6 rings (SSSR count). The van der Waals surface area contributed by atoms with E-state index in [1.54, 1.807) is 24.4 Å². The first-order valence-electron chi connectivity index (χ1n) is 16.9. The van der Waals surface area contributed by atoms with Crippen molar-refractivity contribution in [2.75, 3.05) is 26.2 Å². The number of oxazole rings is 1. The first kappa shape index (κ1) is 34.5. The average Bonchev–Trinajstić information content (AvgIpc) is 3.78. The molecule has 1 fully saturated rings. The number of carbonyl (C=O) groups is 1. The second-order valence-corrected chi connectivity index (χ2v) is 13.6. The number of aliphatic hydroxyl groups excluding tert-OH is 1. The summed E-state index contributed by atoms with van der Waals surface area (Å²) in [7, 11) is 0. The van der Waals surface area contributed by atoms with Crippen LogP contribution >= 0.6 is 11.3 Å². The van der Waals surface area contributed by atoms with E-state index in [1.807, 2.05) is 42.5 Å². The molecule has 0 aliphatic heterocycles. The van der Waals surface area contributed by atoms with E-state index in [4.69, 9.17) is 4.42 Å². The van der Waals surface area contributed by atoms with Gasteiger partial charge in [0.1, 0.15) is 17.0 Å². The number of phenols is 1. The number of aromatic hydroxyl groups is 1. The number of aromatic nitrogens is 2. The molecular formula is C37H43N5O6S. The number of H-pyrrole nitrogens is 1. The highest BCUT2D eigenvalue weighted by atomic mass is 32.1. The number of carbonyl (C=O) groups excluding carboxylic acids is 1. The van der Waals surface area contributed by atoms with Gasteiger partial charge in [0, 0.05) is 56.2 Å². The summed E-state index contributed by atoms with van der Waals surface area (Å²) in [5.74, 6) is 0.936. The van der Waals surface area contributed by atoms with Crippen LogP contribution in [0.1, 0.15) is 76.9 Å². The van der Waals surface area contributed by atoms with Gasteiger partial charge in [-0.05, 0) is 42.2 Å². The second-order valence-electron chi connectivity index (χ2n) is 12.6. The van der Waals surface area contributed by atoms with E-state index in [9.17, 15) is 24.9 Å². The van der Waals surface area contributed by atoms with E-state index in [-0.39, 0.29) is 29.0 Å². The fourth-order valence-corrected chi connectivity index (χ4v) is 7.51. The van der Waals surface area contributed by atoms with E-state index < -0.39 is 11.7 Å².